The van der Waals surface area contributed by atoms with Gasteiger partial charge in [-0.25, -0.2) is 0 Å². The Morgan fingerprint density at radius 3 is 2.91 bits per heavy atom. The van der Waals surface area contributed by atoms with Crippen molar-refractivity contribution in [2.45, 2.75) is 25.9 Å². The van der Waals surface area contributed by atoms with Crippen LogP contribution in [-0.2, 0) is 24.3 Å². The summed E-state index contributed by atoms with van der Waals surface area (Å²) >= 11 is 1.83. The molecule has 2 aliphatic heterocycles. The van der Waals surface area contributed by atoms with E-state index in [-0.39, 0.29) is 5.92 Å². The van der Waals surface area contributed by atoms with Crippen LogP contribution in [0.5, 0.6) is 0 Å². The number of likely N-dealkylation sites (tertiary alicyclic amines) is 1. The number of benzene rings is 1. The minimum Gasteiger partial charge on any atom is -0.338 e. The van der Waals surface area contributed by atoms with Crippen molar-refractivity contribution >= 4 is 17.2 Å². The lowest BCUT2D eigenvalue weighted by Crippen LogP contribution is -2.40. The van der Waals surface area contributed by atoms with Crippen LogP contribution in [0.15, 0.2) is 41.8 Å². The van der Waals surface area contributed by atoms with Gasteiger partial charge in [0.2, 0.25) is 5.91 Å². The number of amides is 1. The quantitative estimate of drug-likeness (QED) is 0.865. The van der Waals surface area contributed by atoms with E-state index < -0.39 is 0 Å². The Balaban J connectivity index is 1.35. The zero-order chi connectivity index (χ0) is 15.6. The van der Waals surface area contributed by atoms with E-state index in [4.69, 9.17) is 0 Å². The van der Waals surface area contributed by atoms with Gasteiger partial charge in [-0.2, -0.15) is 0 Å². The number of nitrogens with zero attached hydrogens (tertiary/aromatic N) is 2. The lowest BCUT2D eigenvalue weighted by atomic mass is 10.0. The molecule has 23 heavy (non-hydrogen) atoms. The molecule has 1 unspecified atom stereocenters. The maximum Gasteiger partial charge on any atom is 0.227 e. The van der Waals surface area contributed by atoms with Gasteiger partial charge < -0.3 is 4.90 Å². The number of rotatable bonds is 3. The molecule has 0 aliphatic carbocycles. The summed E-state index contributed by atoms with van der Waals surface area (Å²) in [5.41, 5.74) is 2.69. The van der Waals surface area contributed by atoms with Crippen LogP contribution in [0.25, 0.3) is 0 Å². The molecule has 4 heteroatoms. The second-order valence-corrected chi connectivity index (χ2v) is 7.59. The first-order chi connectivity index (χ1) is 11.3. The summed E-state index contributed by atoms with van der Waals surface area (Å²) in [6.07, 6.45) is 2.03. The van der Waals surface area contributed by atoms with Gasteiger partial charge in [-0.05, 0) is 42.0 Å². The Labute approximate surface area is 141 Å². The van der Waals surface area contributed by atoms with Crippen LogP contribution in [0.2, 0.25) is 0 Å². The molecule has 0 saturated carbocycles. The molecular weight excluding hydrogens is 304 g/mol. The summed E-state index contributed by atoms with van der Waals surface area (Å²) in [5.74, 6) is 0.538. The number of carbonyl (C=O) groups excluding carboxylic acids is 1. The Morgan fingerprint density at radius 1 is 1.17 bits per heavy atom. The predicted molar refractivity (Wildman–Crippen MR) is 93.3 cm³/mol. The minimum absolute atomic E-state index is 0.180. The molecule has 2 aromatic rings. The highest BCUT2D eigenvalue weighted by Crippen LogP contribution is 2.27. The normalized spacial score (nSPS) is 21.4. The molecule has 0 spiro atoms. The van der Waals surface area contributed by atoms with Gasteiger partial charge in [-0.15, -0.1) is 11.3 Å². The summed E-state index contributed by atoms with van der Waals surface area (Å²) < 4.78 is 0. The molecule has 1 amide bonds. The Kier molecular flexibility index (Phi) is 4.19. The number of carbonyl (C=O) groups is 1. The van der Waals surface area contributed by atoms with Crippen molar-refractivity contribution in [2.75, 3.05) is 19.6 Å². The average Bonchev–Trinajstić information content (AvgIpc) is 3.23. The molecule has 1 aromatic carbocycles. The molecule has 0 radical (unpaired) electrons. The fourth-order valence-electron chi connectivity index (χ4n) is 3.71. The first-order valence-corrected chi connectivity index (χ1v) is 9.28. The Morgan fingerprint density at radius 2 is 2.04 bits per heavy atom. The second kappa shape index (κ2) is 6.46. The fourth-order valence-corrected chi connectivity index (χ4v) is 4.60. The van der Waals surface area contributed by atoms with Crippen LogP contribution in [-0.4, -0.2) is 35.3 Å². The van der Waals surface area contributed by atoms with Crippen LogP contribution in [0, 0.1) is 5.92 Å². The highest BCUT2D eigenvalue weighted by Gasteiger charge is 2.32. The second-order valence-electron chi connectivity index (χ2n) is 6.59. The molecule has 1 saturated heterocycles. The summed E-state index contributed by atoms with van der Waals surface area (Å²) in [6.45, 7) is 4.59. The molecular formula is C19H22N2OS. The number of thiophene rings is 1. The van der Waals surface area contributed by atoms with Gasteiger partial charge >= 0.3 is 0 Å². The van der Waals surface area contributed by atoms with Crippen molar-refractivity contribution in [2.24, 2.45) is 5.92 Å². The van der Waals surface area contributed by atoms with Crippen LogP contribution in [0.4, 0.5) is 0 Å². The van der Waals surface area contributed by atoms with Crippen molar-refractivity contribution in [3.05, 3.63) is 57.8 Å². The molecule has 1 aromatic heterocycles. The molecule has 0 N–H and O–H groups in total. The number of fused-ring (bicyclic) bond motifs is 1. The third kappa shape index (κ3) is 3.19. The monoisotopic (exact) mass is 326 g/mol. The summed E-state index contributed by atoms with van der Waals surface area (Å²) in [4.78, 5) is 18.8. The van der Waals surface area contributed by atoms with Gasteiger partial charge in [0, 0.05) is 31.1 Å². The third-order valence-corrected chi connectivity index (χ3v) is 6.01. The first-order valence-electron chi connectivity index (χ1n) is 8.40. The molecule has 1 atom stereocenters. The SMILES string of the molecule is O=C(C1CCN(Cc2ccccc2)C1)N1CCc2sccc2C1. The molecule has 3 heterocycles. The number of hydrogen-bond acceptors (Lipinski definition) is 3. The first kappa shape index (κ1) is 14.9. The smallest absolute Gasteiger partial charge is 0.227 e. The van der Waals surface area contributed by atoms with Crippen LogP contribution < -0.4 is 0 Å². The molecule has 2 aliphatic rings. The van der Waals surface area contributed by atoms with Gasteiger partial charge in [0.15, 0.2) is 0 Å². The lowest BCUT2D eigenvalue weighted by molar-refractivity contribution is -0.136. The maximum absolute atomic E-state index is 12.8. The van der Waals surface area contributed by atoms with E-state index in [2.05, 4.69) is 51.6 Å². The van der Waals surface area contributed by atoms with E-state index >= 15 is 0 Å². The maximum atomic E-state index is 12.8. The molecule has 4 rings (SSSR count). The fraction of sp³-hybridized carbons (Fsp3) is 0.421. The van der Waals surface area contributed by atoms with Crippen LogP contribution in [0.3, 0.4) is 0 Å². The highest BCUT2D eigenvalue weighted by atomic mass is 32.1. The Hall–Kier alpha value is -1.65. The van der Waals surface area contributed by atoms with Crippen molar-refractivity contribution in [3.63, 3.8) is 0 Å². The van der Waals surface area contributed by atoms with E-state index in [1.807, 2.05) is 11.3 Å². The van der Waals surface area contributed by atoms with E-state index in [0.29, 0.717) is 5.91 Å². The van der Waals surface area contributed by atoms with Gasteiger partial charge in [0.25, 0.3) is 0 Å². The van der Waals surface area contributed by atoms with Gasteiger partial charge in [0.1, 0.15) is 0 Å². The molecule has 1 fully saturated rings. The molecule has 0 bridgehead atoms. The summed E-state index contributed by atoms with van der Waals surface area (Å²) in [6, 6.07) is 12.7. The van der Waals surface area contributed by atoms with Crippen molar-refractivity contribution in [3.8, 4) is 0 Å². The van der Waals surface area contributed by atoms with E-state index in [1.165, 1.54) is 16.0 Å². The summed E-state index contributed by atoms with van der Waals surface area (Å²) in [7, 11) is 0. The highest BCUT2D eigenvalue weighted by molar-refractivity contribution is 7.10. The van der Waals surface area contributed by atoms with E-state index in [1.54, 1.807) is 0 Å². The summed E-state index contributed by atoms with van der Waals surface area (Å²) in [5, 5.41) is 2.15. The largest absolute Gasteiger partial charge is 0.338 e. The van der Waals surface area contributed by atoms with Crippen LogP contribution >= 0.6 is 11.3 Å². The predicted octanol–water partition coefficient (Wildman–Crippen LogP) is 3.15. The van der Waals surface area contributed by atoms with Gasteiger partial charge in [-0.3, -0.25) is 9.69 Å². The van der Waals surface area contributed by atoms with E-state index in [9.17, 15) is 4.79 Å². The Bertz CT molecular complexity index is 682. The van der Waals surface area contributed by atoms with Crippen molar-refractivity contribution in [1.82, 2.24) is 9.80 Å². The zero-order valence-electron chi connectivity index (χ0n) is 13.3. The standard InChI is InChI=1S/C19H22N2OS/c22-19(21-10-7-18-16(14-21)8-11-23-18)17-6-9-20(13-17)12-15-4-2-1-3-5-15/h1-5,8,11,17H,6-7,9-10,12-14H2. The average molecular weight is 326 g/mol. The zero-order valence-corrected chi connectivity index (χ0v) is 14.1. The lowest BCUT2D eigenvalue weighted by Gasteiger charge is -2.29. The van der Waals surface area contributed by atoms with Crippen molar-refractivity contribution in [1.29, 1.82) is 0 Å². The topological polar surface area (TPSA) is 23.6 Å². The van der Waals surface area contributed by atoms with Crippen molar-refractivity contribution < 1.29 is 4.79 Å². The van der Waals surface area contributed by atoms with E-state index in [0.717, 1.165) is 45.6 Å². The molecule has 120 valence electrons. The molecule has 3 nitrogen and oxygen atoms in total. The van der Waals surface area contributed by atoms with Gasteiger partial charge in [-0.1, -0.05) is 30.3 Å². The number of hydrogen-bond donors (Lipinski definition) is 0. The third-order valence-electron chi connectivity index (χ3n) is 4.99. The van der Waals surface area contributed by atoms with Crippen LogP contribution in [0.1, 0.15) is 22.4 Å². The van der Waals surface area contributed by atoms with Gasteiger partial charge in [0.05, 0.1) is 5.92 Å². The minimum atomic E-state index is 0.180.